The molecule has 0 atom stereocenters. The van der Waals surface area contributed by atoms with Gasteiger partial charge in [-0.2, -0.15) is 0 Å². The molecule has 1 heterocycles. The van der Waals surface area contributed by atoms with E-state index in [-0.39, 0.29) is 12.5 Å². The molecule has 2 rings (SSSR count). The highest BCUT2D eigenvalue weighted by molar-refractivity contribution is 7.70. The summed E-state index contributed by atoms with van der Waals surface area (Å²) in [7, 11) is -2.47. The maximum absolute atomic E-state index is 11.9. The molecule has 0 radical (unpaired) electrons. The molecule has 0 saturated carbocycles. The third kappa shape index (κ3) is 3.25. The van der Waals surface area contributed by atoms with Crippen LogP contribution in [0.3, 0.4) is 0 Å². The van der Waals surface area contributed by atoms with Crippen LogP contribution in [-0.4, -0.2) is 33.7 Å². The Labute approximate surface area is 109 Å². The van der Waals surface area contributed by atoms with E-state index in [2.05, 4.69) is 13.8 Å². The Kier molecular flexibility index (Phi) is 3.73. The number of hydrogen-bond acceptors (Lipinski definition) is 3. The van der Waals surface area contributed by atoms with Crippen LogP contribution in [-0.2, 0) is 13.9 Å². The molecule has 0 spiro atoms. The fraction of sp³-hybridized carbons (Fsp3) is 0.538. The number of rotatable bonds is 2. The molecular weight excluding hydrogens is 246 g/mol. The van der Waals surface area contributed by atoms with Gasteiger partial charge in [0.1, 0.15) is 7.14 Å². The molecule has 98 valence electrons. The summed E-state index contributed by atoms with van der Waals surface area (Å²) in [4.78, 5) is 0. The van der Waals surface area contributed by atoms with Crippen molar-refractivity contribution in [1.29, 1.82) is 0 Å². The minimum atomic E-state index is -2.18. The fourth-order valence-electron chi connectivity index (χ4n) is 1.88. The topological polar surface area (TPSA) is 35.5 Å². The highest BCUT2D eigenvalue weighted by atomic mass is 31.2. The van der Waals surface area contributed by atoms with Crippen molar-refractivity contribution in [2.75, 3.05) is 26.5 Å². The summed E-state index contributed by atoms with van der Waals surface area (Å²) in [6, 6.07) is 7.70. The molecule has 0 aliphatic carbocycles. The van der Waals surface area contributed by atoms with Crippen molar-refractivity contribution in [3.63, 3.8) is 0 Å². The Balaban J connectivity index is 2.09. The van der Waals surface area contributed by atoms with Gasteiger partial charge in [0.2, 0.25) is 0 Å². The zero-order chi connectivity index (χ0) is 13.4. The van der Waals surface area contributed by atoms with Crippen molar-refractivity contribution in [2.24, 2.45) is 5.41 Å². The van der Waals surface area contributed by atoms with Crippen LogP contribution in [0.15, 0.2) is 24.3 Å². The molecule has 0 N–H and O–H groups in total. The van der Waals surface area contributed by atoms with E-state index in [0.717, 1.165) is 10.8 Å². The summed E-state index contributed by atoms with van der Waals surface area (Å²) in [5.74, 6) is 0. The average Bonchev–Trinajstić information content (AvgIpc) is 2.28. The summed E-state index contributed by atoms with van der Waals surface area (Å²) < 4.78 is 23.4. The fourth-order valence-corrected chi connectivity index (χ4v) is 2.74. The van der Waals surface area contributed by atoms with Gasteiger partial charge >= 0.3 is 7.12 Å². The van der Waals surface area contributed by atoms with Crippen LogP contribution in [0.25, 0.3) is 0 Å². The van der Waals surface area contributed by atoms with Crippen molar-refractivity contribution in [3.05, 3.63) is 24.3 Å². The van der Waals surface area contributed by atoms with E-state index in [1.54, 1.807) is 13.3 Å². The summed E-state index contributed by atoms with van der Waals surface area (Å²) in [5.41, 5.74) is 1.07. The van der Waals surface area contributed by atoms with Gasteiger partial charge in [-0.3, -0.25) is 0 Å². The van der Waals surface area contributed by atoms with E-state index in [1.807, 2.05) is 24.3 Å². The van der Waals surface area contributed by atoms with Crippen molar-refractivity contribution < 1.29 is 13.9 Å². The van der Waals surface area contributed by atoms with Crippen LogP contribution in [0.1, 0.15) is 13.8 Å². The zero-order valence-electron chi connectivity index (χ0n) is 11.5. The molecule has 3 nitrogen and oxygen atoms in total. The minimum Gasteiger partial charge on any atom is -0.407 e. The van der Waals surface area contributed by atoms with Gasteiger partial charge in [0, 0.05) is 23.9 Å². The molecule has 1 aromatic rings. The minimum absolute atomic E-state index is 0.0823. The number of benzene rings is 1. The molecule has 0 aromatic heterocycles. The Morgan fingerprint density at radius 3 is 2.06 bits per heavy atom. The van der Waals surface area contributed by atoms with Crippen molar-refractivity contribution in [1.82, 2.24) is 0 Å². The first-order chi connectivity index (χ1) is 8.28. The predicted molar refractivity (Wildman–Crippen MR) is 76.6 cm³/mol. The SMILES string of the molecule is CC1(C)COB(c2ccc(P(C)(C)=O)cc2)OC1. The molecule has 1 aliphatic rings. The summed E-state index contributed by atoms with van der Waals surface area (Å²) in [5, 5.41) is 0.891. The lowest BCUT2D eigenvalue weighted by molar-refractivity contribution is 0.0343. The van der Waals surface area contributed by atoms with Crippen LogP contribution in [0, 0.1) is 5.41 Å². The summed E-state index contributed by atoms with van der Waals surface area (Å²) >= 11 is 0. The molecular formula is C13H20BO3P. The molecule has 1 aromatic carbocycles. The predicted octanol–water partition coefficient (Wildman–Crippen LogP) is 1.70. The van der Waals surface area contributed by atoms with Crippen LogP contribution < -0.4 is 10.8 Å². The maximum atomic E-state index is 11.9. The van der Waals surface area contributed by atoms with Crippen molar-refractivity contribution in [3.8, 4) is 0 Å². The van der Waals surface area contributed by atoms with E-state index >= 15 is 0 Å². The Morgan fingerprint density at radius 2 is 1.61 bits per heavy atom. The lowest BCUT2D eigenvalue weighted by atomic mass is 9.76. The molecule has 1 saturated heterocycles. The van der Waals surface area contributed by atoms with Gasteiger partial charge in [0.25, 0.3) is 0 Å². The molecule has 1 aliphatic heterocycles. The standard InChI is InChI=1S/C13H20BO3P/c1-13(2)9-16-14(17-10-13)11-5-7-12(8-6-11)18(3,4)15/h5-8H,9-10H2,1-4H3. The van der Waals surface area contributed by atoms with E-state index in [1.165, 1.54) is 0 Å². The second-order valence-corrected chi connectivity index (χ2v) is 9.28. The average molecular weight is 266 g/mol. The van der Waals surface area contributed by atoms with Gasteiger partial charge in [-0.05, 0) is 18.8 Å². The smallest absolute Gasteiger partial charge is 0.407 e. The molecule has 18 heavy (non-hydrogen) atoms. The lowest BCUT2D eigenvalue weighted by Crippen LogP contribution is -2.47. The van der Waals surface area contributed by atoms with Gasteiger partial charge in [0.15, 0.2) is 0 Å². The largest absolute Gasteiger partial charge is 0.493 e. The van der Waals surface area contributed by atoms with E-state index in [9.17, 15) is 4.57 Å². The van der Waals surface area contributed by atoms with Gasteiger partial charge < -0.3 is 13.9 Å². The molecule has 5 heteroatoms. The van der Waals surface area contributed by atoms with E-state index in [4.69, 9.17) is 9.31 Å². The highest BCUT2D eigenvalue weighted by Gasteiger charge is 2.33. The Hall–Kier alpha value is -0.565. The summed E-state index contributed by atoms with van der Waals surface area (Å²) in [6.07, 6.45) is 0. The Morgan fingerprint density at radius 1 is 1.11 bits per heavy atom. The van der Waals surface area contributed by atoms with Crippen LogP contribution >= 0.6 is 7.14 Å². The second kappa shape index (κ2) is 4.84. The maximum Gasteiger partial charge on any atom is 0.493 e. The third-order valence-electron chi connectivity index (χ3n) is 3.04. The monoisotopic (exact) mass is 266 g/mol. The lowest BCUT2D eigenvalue weighted by Gasteiger charge is -2.33. The molecule has 0 bridgehead atoms. The van der Waals surface area contributed by atoms with Gasteiger partial charge in [-0.25, -0.2) is 0 Å². The quantitative estimate of drug-likeness (QED) is 0.603. The van der Waals surface area contributed by atoms with Gasteiger partial charge in [-0.15, -0.1) is 0 Å². The first-order valence-corrected chi connectivity index (χ1v) is 8.77. The van der Waals surface area contributed by atoms with Crippen LogP contribution in [0.2, 0.25) is 0 Å². The Bertz CT molecular complexity index is 454. The molecule has 0 unspecified atom stereocenters. The zero-order valence-corrected chi connectivity index (χ0v) is 12.4. The normalized spacial score (nSPS) is 19.9. The van der Waals surface area contributed by atoms with E-state index < -0.39 is 7.14 Å². The summed E-state index contributed by atoms with van der Waals surface area (Å²) in [6.45, 7) is 9.18. The second-order valence-electron chi connectivity index (χ2n) is 6.06. The first-order valence-electron chi connectivity index (χ1n) is 6.17. The van der Waals surface area contributed by atoms with Gasteiger partial charge in [0.05, 0.1) is 0 Å². The number of hydrogen-bond donors (Lipinski definition) is 0. The van der Waals surface area contributed by atoms with Crippen molar-refractivity contribution >= 4 is 25.0 Å². The van der Waals surface area contributed by atoms with Crippen molar-refractivity contribution in [2.45, 2.75) is 13.8 Å². The molecule has 0 amide bonds. The van der Waals surface area contributed by atoms with E-state index in [0.29, 0.717) is 13.2 Å². The van der Waals surface area contributed by atoms with Gasteiger partial charge in [-0.1, -0.05) is 38.1 Å². The first kappa shape index (κ1) is 13.9. The molecule has 1 fully saturated rings. The van der Waals surface area contributed by atoms with Crippen LogP contribution in [0.5, 0.6) is 0 Å². The highest BCUT2D eigenvalue weighted by Crippen LogP contribution is 2.33. The third-order valence-corrected chi connectivity index (χ3v) is 4.58. The van der Waals surface area contributed by atoms with Crippen LogP contribution in [0.4, 0.5) is 0 Å².